The highest BCUT2D eigenvalue weighted by atomic mass is 19.1. The zero-order chi connectivity index (χ0) is 18.1. The summed E-state index contributed by atoms with van der Waals surface area (Å²) < 4.78 is 20.9. The number of benzene rings is 1. The molecule has 1 aromatic heterocycles. The van der Waals surface area contributed by atoms with Crippen LogP contribution in [0.25, 0.3) is 0 Å². The lowest BCUT2D eigenvalue weighted by Gasteiger charge is -2.21. The Labute approximate surface area is 151 Å². The molecule has 26 heavy (non-hydrogen) atoms. The minimum absolute atomic E-state index is 0.120. The van der Waals surface area contributed by atoms with Crippen LogP contribution in [0.15, 0.2) is 24.3 Å². The number of nitrogens with one attached hydrogen (secondary N) is 1. The van der Waals surface area contributed by atoms with E-state index in [1.165, 1.54) is 6.07 Å². The lowest BCUT2D eigenvalue weighted by atomic mass is 9.87. The number of hydrogen-bond donors (Lipinski definition) is 1. The maximum absolute atomic E-state index is 13.8. The van der Waals surface area contributed by atoms with Crippen molar-refractivity contribution in [2.24, 2.45) is 5.41 Å². The molecule has 0 saturated carbocycles. The van der Waals surface area contributed by atoms with Crippen molar-refractivity contribution >= 4 is 11.8 Å². The van der Waals surface area contributed by atoms with E-state index in [2.05, 4.69) is 15.6 Å². The van der Waals surface area contributed by atoms with E-state index in [1.807, 2.05) is 11.8 Å². The second-order valence-electron chi connectivity index (χ2n) is 7.18. The predicted molar refractivity (Wildman–Crippen MR) is 93.3 cm³/mol. The van der Waals surface area contributed by atoms with Gasteiger partial charge in [0.2, 0.25) is 0 Å². The van der Waals surface area contributed by atoms with E-state index in [-0.39, 0.29) is 23.8 Å². The van der Waals surface area contributed by atoms with Crippen molar-refractivity contribution in [2.45, 2.75) is 26.3 Å². The van der Waals surface area contributed by atoms with Crippen LogP contribution in [0.4, 0.5) is 15.0 Å². The smallest absolute Gasteiger partial charge is 0.323 e. The van der Waals surface area contributed by atoms with Crippen LogP contribution in [0, 0.1) is 18.2 Å². The molecule has 2 aliphatic heterocycles. The number of amides is 2. The molecule has 2 aliphatic rings. The van der Waals surface area contributed by atoms with Gasteiger partial charge in [0.1, 0.15) is 5.82 Å². The molecule has 1 spiro atoms. The third-order valence-corrected chi connectivity index (χ3v) is 5.40. The van der Waals surface area contributed by atoms with E-state index in [0.717, 1.165) is 32.6 Å². The van der Waals surface area contributed by atoms with Crippen molar-refractivity contribution in [1.29, 1.82) is 0 Å². The van der Waals surface area contributed by atoms with Crippen molar-refractivity contribution in [2.75, 3.05) is 31.6 Å². The Hall–Kier alpha value is -2.48. The number of hydrogen-bond acceptors (Lipinski definition) is 4. The molecule has 0 bridgehead atoms. The first-order chi connectivity index (χ1) is 12.6. The average Bonchev–Trinajstić information content (AvgIpc) is 3.35. The fourth-order valence-corrected chi connectivity index (χ4v) is 3.67. The van der Waals surface area contributed by atoms with Crippen molar-refractivity contribution in [1.82, 2.24) is 19.9 Å². The minimum Gasteiger partial charge on any atom is -0.381 e. The monoisotopic (exact) mass is 359 g/mol. The SMILES string of the molecule is Cc1c(NC(=O)N2CCC3(CCOC3)C2)nnn1Cc1ccccc1F. The number of likely N-dealkylation sites (tertiary alicyclic amines) is 1. The molecule has 2 fully saturated rings. The largest absolute Gasteiger partial charge is 0.381 e. The highest BCUT2D eigenvalue weighted by Gasteiger charge is 2.42. The van der Waals surface area contributed by atoms with Crippen LogP contribution in [0.2, 0.25) is 0 Å². The van der Waals surface area contributed by atoms with Gasteiger partial charge < -0.3 is 9.64 Å². The Balaban J connectivity index is 1.42. The molecule has 8 heteroatoms. The highest BCUT2D eigenvalue weighted by molar-refractivity contribution is 5.89. The summed E-state index contributed by atoms with van der Waals surface area (Å²) in [4.78, 5) is 14.4. The Morgan fingerprint density at radius 2 is 2.23 bits per heavy atom. The van der Waals surface area contributed by atoms with E-state index in [0.29, 0.717) is 23.6 Å². The summed E-state index contributed by atoms with van der Waals surface area (Å²) in [6.45, 7) is 5.02. The molecule has 1 unspecified atom stereocenters. The minimum atomic E-state index is -0.283. The third kappa shape index (κ3) is 3.16. The van der Waals surface area contributed by atoms with E-state index in [4.69, 9.17) is 4.74 Å². The molecule has 3 heterocycles. The van der Waals surface area contributed by atoms with Crippen LogP contribution in [0.3, 0.4) is 0 Å². The summed E-state index contributed by atoms with van der Waals surface area (Å²) in [5, 5.41) is 10.9. The van der Waals surface area contributed by atoms with Gasteiger partial charge in [0.15, 0.2) is 5.82 Å². The van der Waals surface area contributed by atoms with Crippen LogP contribution in [0.5, 0.6) is 0 Å². The molecule has 138 valence electrons. The Kier molecular flexibility index (Phi) is 4.36. The van der Waals surface area contributed by atoms with Gasteiger partial charge in [-0.15, -0.1) is 5.10 Å². The fraction of sp³-hybridized carbons (Fsp3) is 0.500. The first-order valence-corrected chi connectivity index (χ1v) is 8.84. The van der Waals surface area contributed by atoms with Gasteiger partial charge in [-0.25, -0.2) is 13.9 Å². The number of aromatic nitrogens is 3. The van der Waals surface area contributed by atoms with Crippen LogP contribution in [-0.2, 0) is 11.3 Å². The summed E-state index contributed by atoms with van der Waals surface area (Å²) in [5.41, 5.74) is 1.34. The summed E-state index contributed by atoms with van der Waals surface area (Å²) in [6.07, 6.45) is 1.98. The number of ether oxygens (including phenoxy) is 1. The molecule has 7 nitrogen and oxygen atoms in total. The second-order valence-corrected chi connectivity index (χ2v) is 7.18. The lowest BCUT2D eigenvalue weighted by Crippen LogP contribution is -2.35. The standard InChI is InChI=1S/C18H22FN5O2/c1-13-16(21-22-24(13)10-14-4-2-3-5-15(14)19)20-17(25)23-8-6-18(11-23)7-9-26-12-18/h2-5H,6-12H2,1H3,(H,20,25). The van der Waals surface area contributed by atoms with Gasteiger partial charge in [-0.2, -0.15) is 0 Å². The molecule has 2 saturated heterocycles. The average molecular weight is 359 g/mol. The molecule has 1 aromatic carbocycles. The highest BCUT2D eigenvalue weighted by Crippen LogP contribution is 2.38. The van der Waals surface area contributed by atoms with E-state index in [9.17, 15) is 9.18 Å². The van der Waals surface area contributed by atoms with Gasteiger partial charge >= 0.3 is 6.03 Å². The van der Waals surface area contributed by atoms with Crippen LogP contribution < -0.4 is 5.32 Å². The van der Waals surface area contributed by atoms with Gasteiger partial charge in [-0.3, -0.25) is 5.32 Å². The predicted octanol–water partition coefficient (Wildman–Crippen LogP) is 2.42. The zero-order valence-electron chi connectivity index (χ0n) is 14.7. The third-order valence-electron chi connectivity index (χ3n) is 5.40. The first kappa shape index (κ1) is 17.0. The Bertz CT molecular complexity index is 816. The molecule has 1 N–H and O–H groups in total. The van der Waals surface area contributed by atoms with E-state index >= 15 is 0 Å². The molecule has 0 radical (unpaired) electrons. The number of urea groups is 1. The van der Waals surface area contributed by atoms with Crippen LogP contribution >= 0.6 is 0 Å². The maximum atomic E-state index is 13.8. The van der Waals surface area contributed by atoms with Gasteiger partial charge in [0.25, 0.3) is 0 Å². The molecule has 4 rings (SSSR count). The van der Waals surface area contributed by atoms with Crippen molar-refractivity contribution in [3.05, 3.63) is 41.3 Å². The van der Waals surface area contributed by atoms with Crippen LogP contribution in [-0.4, -0.2) is 52.2 Å². The van der Waals surface area contributed by atoms with E-state index < -0.39 is 0 Å². The molecular formula is C18H22FN5O2. The number of rotatable bonds is 3. The molecular weight excluding hydrogens is 337 g/mol. The molecule has 0 aliphatic carbocycles. The second kappa shape index (κ2) is 6.68. The number of carbonyl (C=O) groups excluding carboxylic acids is 1. The van der Waals surface area contributed by atoms with Crippen molar-refractivity contribution < 1.29 is 13.9 Å². The normalized spacial score (nSPS) is 22.3. The van der Waals surface area contributed by atoms with Gasteiger partial charge in [0, 0.05) is 30.7 Å². The maximum Gasteiger partial charge on any atom is 0.323 e. The number of halogens is 1. The van der Waals surface area contributed by atoms with E-state index in [1.54, 1.807) is 22.9 Å². The summed E-state index contributed by atoms with van der Waals surface area (Å²) in [6, 6.07) is 6.39. The topological polar surface area (TPSA) is 72.3 Å². The van der Waals surface area contributed by atoms with Crippen LogP contribution in [0.1, 0.15) is 24.1 Å². The number of carbonyl (C=O) groups is 1. The molecule has 1 atom stereocenters. The number of nitrogens with zero attached hydrogens (tertiary/aromatic N) is 4. The Morgan fingerprint density at radius 3 is 3.00 bits per heavy atom. The van der Waals surface area contributed by atoms with Gasteiger partial charge in [-0.1, -0.05) is 23.4 Å². The summed E-state index contributed by atoms with van der Waals surface area (Å²) in [7, 11) is 0. The van der Waals surface area contributed by atoms with Crippen molar-refractivity contribution in [3.8, 4) is 0 Å². The Morgan fingerprint density at radius 1 is 1.38 bits per heavy atom. The molecule has 2 aromatic rings. The first-order valence-electron chi connectivity index (χ1n) is 8.84. The number of anilines is 1. The lowest BCUT2D eigenvalue weighted by molar-refractivity contribution is 0.154. The summed E-state index contributed by atoms with van der Waals surface area (Å²) in [5.74, 6) is 0.129. The van der Waals surface area contributed by atoms with Crippen molar-refractivity contribution in [3.63, 3.8) is 0 Å². The fourth-order valence-electron chi connectivity index (χ4n) is 3.67. The molecule has 2 amide bonds. The zero-order valence-corrected chi connectivity index (χ0v) is 14.7. The van der Waals surface area contributed by atoms with Gasteiger partial charge in [0.05, 0.1) is 18.8 Å². The quantitative estimate of drug-likeness (QED) is 0.914. The summed E-state index contributed by atoms with van der Waals surface area (Å²) >= 11 is 0. The van der Waals surface area contributed by atoms with Gasteiger partial charge in [-0.05, 0) is 25.8 Å².